The van der Waals surface area contributed by atoms with E-state index in [1.807, 2.05) is 0 Å². The van der Waals surface area contributed by atoms with Crippen molar-refractivity contribution in [1.82, 2.24) is 20.4 Å². The van der Waals surface area contributed by atoms with Gasteiger partial charge < -0.3 is 10.6 Å². The molecule has 1 saturated carbocycles. The zero-order valence-corrected chi connectivity index (χ0v) is 27.3. The first-order valence-electron chi connectivity index (χ1n) is 13.8. The highest BCUT2D eigenvalue weighted by atomic mass is 32.2. The highest BCUT2D eigenvalue weighted by Crippen LogP contribution is 2.43. The molecule has 2 aromatic heterocycles. The van der Waals surface area contributed by atoms with Crippen LogP contribution in [0.25, 0.3) is 0 Å². The summed E-state index contributed by atoms with van der Waals surface area (Å²) >= 11 is 2.70. The average Bonchev–Trinajstić information content (AvgIpc) is 3.64. The quantitative estimate of drug-likeness (QED) is 0.137. The SMILES string of the molecule is CS(=O)(=O)Nc1ccc(CC(=O)Nc2nnc([C@H]3CCC[C@H](c4nnc(NC(=O)Cc5ccc(N[SH](=O)=O)cc5)s4)C3)s2)cc1. The van der Waals surface area contributed by atoms with Gasteiger partial charge in [-0.15, -0.1) is 20.4 Å². The maximum Gasteiger partial charge on any atom is 0.230 e. The van der Waals surface area contributed by atoms with E-state index in [2.05, 4.69) is 40.5 Å². The van der Waals surface area contributed by atoms with Gasteiger partial charge in [0.05, 0.1) is 19.1 Å². The van der Waals surface area contributed by atoms with Crippen molar-refractivity contribution in [3.8, 4) is 0 Å². The highest BCUT2D eigenvalue weighted by Gasteiger charge is 2.29. The topological polar surface area (TPSA) is 202 Å². The van der Waals surface area contributed by atoms with Crippen LogP contribution in [0.2, 0.25) is 0 Å². The largest absolute Gasteiger partial charge is 0.300 e. The Balaban J connectivity index is 1.11. The molecular weight excluding hydrogens is 661 g/mol. The zero-order chi connectivity index (χ0) is 32.0. The molecule has 18 heteroatoms. The predicted molar refractivity (Wildman–Crippen MR) is 174 cm³/mol. The number of carbonyl (C=O) groups is 2. The Morgan fingerprint density at radius 2 is 1.24 bits per heavy atom. The number of thiol groups is 1. The Hall–Kier alpha value is -4.00. The van der Waals surface area contributed by atoms with Gasteiger partial charge in [-0.1, -0.05) is 53.4 Å². The second kappa shape index (κ2) is 14.4. The van der Waals surface area contributed by atoms with Crippen molar-refractivity contribution in [3.63, 3.8) is 0 Å². The second-order valence-corrected chi connectivity index (χ2v) is 15.0. The monoisotopic (exact) mass is 690 g/mol. The van der Waals surface area contributed by atoms with E-state index in [1.165, 1.54) is 22.7 Å². The third-order valence-electron chi connectivity index (χ3n) is 6.91. The number of amides is 2. The fourth-order valence-electron chi connectivity index (χ4n) is 4.94. The van der Waals surface area contributed by atoms with E-state index in [9.17, 15) is 26.4 Å². The summed E-state index contributed by atoms with van der Waals surface area (Å²) in [6.07, 6.45) is 4.93. The van der Waals surface area contributed by atoms with Gasteiger partial charge in [0.1, 0.15) is 10.0 Å². The summed E-state index contributed by atoms with van der Waals surface area (Å²) in [5, 5.41) is 25.1. The van der Waals surface area contributed by atoms with Gasteiger partial charge in [-0.25, -0.2) is 16.8 Å². The number of carbonyl (C=O) groups excluding carboxylic acids is 2. The molecule has 2 aromatic carbocycles. The molecule has 2 amide bonds. The lowest BCUT2D eigenvalue weighted by molar-refractivity contribution is -0.116. The molecule has 2 heterocycles. The molecule has 2 atom stereocenters. The van der Waals surface area contributed by atoms with Crippen molar-refractivity contribution in [3.05, 3.63) is 69.7 Å². The van der Waals surface area contributed by atoms with E-state index < -0.39 is 20.9 Å². The van der Waals surface area contributed by atoms with Crippen LogP contribution in [0.1, 0.15) is 58.7 Å². The molecule has 0 radical (unpaired) electrons. The van der Waals surface area contributed by atoms with Crippen LogP contribution in [0.15, 0.2) is 48.5 Å². The van der Waals surface area contributed by atoms with Crippen LogP contribution in [0.4, 0.5) is 21.6 Å². The normalized spacial score (nSPS) is 16.7. The van der Waals surface area contributed by atoms with E-state index in [0.717, 1.165) is 53.1 Å². The van der Waals surface area contributed by atoms with Crippen LogP contribution in [0.5, 0.6) is 0 Å². The van der Waals surface area contributed by atoms with Gasteiger partial charge in [0, 0.05) is 23.2 Å². The Kier molecular flexibility index (Phi) is 10.4. The molecule has 4 N–H and O–H groups in total. The molecule has 4 aromatic rings. The fraction of sp³-hybridized carbons (Fsp3) is 0.333. The third-order valence-corrected chi connectivity index (χ3v) is 9.96. The minimum atomic E-state index is -3.38. The van der Waals surface area contributed by atoms with Gasteiger partial charge >= 0.3 is 0 Å². The molecule has 0 saturated heterocycles. The molecule has 45 heavy (non-hydrogen) atoms. The Morgan fingerprint density at radius 1 is 0.778 bits per heavy atom. The summed E-state index contributed by atoms with van der Waals surface area (Å²) in [7, 11) is -6.12. The molecule has 0 unspecified atom stereocenters. The van der Waals surface area contributed by atoms with E-state index in [4.69, 9.17) is 0 Å². The summed E-state index contributed by atoms with van der Waals surface area (Å²) in [5.74, 6) is -0.195. The van der Waals surface area contributed by atoms with Gasteiger partial charge in [0.25, 0.3) is 0 Å². The molecule has 238 valence electrons. The highest BCUT2D eigenvalue weighted by molar-refractivity contribution is 7.92. The lowest BCUT2D eigenvalue weighted by Crippen LogP contribution is -2.14. The summed E-state index contributed by atoms with van der Waals surface area (Å²) < 4.78 is 49.0. The van der Waals surface area contributed by atoms with E-state index in [0.29, 0.717) is 21.6 Å². The van der Waals surface area contributed by atoms with Gasteiger partial charge in [0.2, 0.25) is 43.0 Å². The Bertz CT molecular complexity index is 1830. The summed E-state index contributed by atoms with van der Waals surface area (Å²) in [4.78, 5) is 25.2. The molecule has 14 nitrogen and oxygen atoms in total. The smallest absolute Gasteiger partial charge is 0.230 e. The number of hydrogen-bond acceptors (Lipinski definition) is 12. The van der Waals surface area contributed by atoms with Crippen molar-refractivity contribution in [2.45, 2.75) is 50.4 Å². The average molecular weight is 691 g/mol. The lowest BCUT2D eigenvalue weighted by Gasteiger charge is -2.25. The Morgan fingerprint density at radius 3 is 1.69 bits per heavy atom. The maximum absolute atomic E-state index is 12.6. The molecule has 1 fully saturated rings. The van der Waals surface area contributed by atoms with E-state index in [-0.39, 0.29) is 36.5 Å². The van der Waals surface area contributed by atoms with Gasteiger partial charge in [-0.05, 0) is 54.7 Å². The van der Waals surface area contributed by atoms with Crippen LogP contribution in [0.3, 0.4) is 0 Å². The minimum absolute atomic E-state index is 0.102. The van der Waals surface area contributed by atoms with Crippen LogP contribution in [0, 0.1) is 0 Å². The van der Waals surface area contributed by atoms with E-state index >= 15 is 0 Å². The van der Waals surface area contributed by atoms with Gasteiger partial charge in [-0.3, -0.25) is 19.0 Å². The summed E-state index contributed by atoms with van der Waals surface area (Å²) in [5.41, 5.74) is 2.30. The first kappa shape index (κ1) is 32.4. The molecule has 0 aliphatic heterocycles. The first-order valence-corrected chi connectivity index (χ1v) is 18.5. The zero-order valence-electron chi connectivity index (χ0n) is 23.9. The lowest BCUT2D eigenvalue weighted by atomic mass is 9.82. The fourth-order valence-corrected chi connectivity index (χ4v) is 7.68. The summed E-state index contributed by atoms with van der Waals surface area (Å²) in [6, 6.07) is 13.1. The molecule has 1 aliphatic rings. The predicted octanol–water partition coefficient (Wildman–Crippen LogP) is 3.50. The number of sulfonamides is 1. The minimum Gasteiger partial charge on any atom is -0.300 e. The first-order chi connectivity index (χ1) is 21.5. The molecule has 0 spiro atoms. The number of benzene rings is 2. The third kappa shape index (κ3) is 9.74. The second-order valence-electron chi connectivity index (χ2n) is 10.5. The van der Waals surface area contributed by atoms with Crippen molar-refractivity contribution < 1.29 is 26.4 Å². The molecule has 5 rings (SSSR count). The van der Waals surface area contributed by atoms with Gasteiger partial charge in [-0.2, -0.15) is 0 Å². The van der Waals surface area contributed by atoms with Crippen molar-refractivity contribution in [2.24, 2.45) is 0 Å². The molecule has 0 bridgehead atoms. The summed E-state index contributed by atoms with van der Waals surface area (Å²) in [6.45, 7) is 0. The van der Waals surface area contributed by atoms with Crippen molar-refractivity contribution in [2.75, 3.05) is 26.3 Å². The number of rotatable bonds is 12. The number of aromatic nitrogens is 4. The standard InChI is InChI=1S/C27H30N8O6S4/c1-45(40,41)35-21-11-7-17(8-12-21)14-23(37)29-27-33-31-25(43-27)19-4-2-3-18(15-19)24-30-32-26(42-24)28-22(36)13-16-5-9-20(10-6-16)34-44(38)39/h5-12,18-19,35,44H,2-4,13-15H2,1H3,(H,28,32,36)(H,29,33,37)(H,34,38,39)/t18-,19-/m0/s1. The van der Waals surface area contributed by atoms with E-state index in [1.54, 1.807) is 48.5 Å². The number of anilines is 4. The number of nitrogens with one attached hydrogen (secondary N) is 4. The maximum atomic E-state index is 12.6. The Labute approximate surface area is 269 Å². The number of hydrogen-bond donors (Lipinski definition) is 5. The molecular formula is C27H30N8O6S4. The van der Waals surface area contributed by atoms with Crippen LogP contribution in [-0.2, 0) is 43.3 Å². The van der Waals surface area contributed by atoms with Crippen LogP contribution < -0.4 is 20.1 Å². The van der Waals surface area contributed by atoms with Gasteiger partial charge in [0.15, 0.2) is 0 Å². The number of nitrogens with zero attached hydrogens (tertiary/aromatic N) is 4. The van der Waals surface area contributed by atoms with Crippen LogP contribution >= 0.6 is 22.7 Å². The van der Waals surface area contributed by atoms with Crippen LogP contribution in [-0.4, -0.2) is 55.3 Å². The van der Waals surface area contributed by atoms with Crippen molar-refractivity contribution in [1.29, 1.82) is 0 Å². The van der Waals surface area contributed by atoms with Crippen molar-refractivity contribution >= 4 is 77.0 Å². The molecule has 1 aliphatic carbocycles.